The number of hydrogen-bond donors (Lipinski definition) is 0. The molecule has 0 unspecified atom stereocenters. The standard InChI is InChI=1S/C12H10F2N2O3/c1-2-18-11(17)6-10-15-12(19-16-10)7-3-4-8(13)9(14)5-7/h3-5H,2,6H2,1H3. The molecule has 2 rings (SSSR count). The molecule has 1 aromatic carbocycles. The number of aromatic nitrogens is 2. The Hall–Kier alpha value is -2.31. The van der Waals surface area contributed by atoms with E-state index in [-0.39, 0.29) is 30.3 Å². The predicted molar refractivity (Wildman–Crippen MR) is 60.0 cm³/mol. The number of hydrogen-bond acceptors (Lipinski definition) is 5. The van der Waals surface area contributed by atoms with Gasteiger partial charge in [-0.25, -0.2) is 8.78 Å². The van der Waals surface area contributed by atoms with E-state index in [4.69, 9.17) is 9.26 Å². The van der Waals surface area contributed by atoms with Crippen molar-refractivity contribution >= 4 is 5.97 Å². The third kappa shape index (κ3) is 3.12. The Morgan fingerprint density at radius 1 is 1.37 bits per heavy atom. The van der Waals surface area contributed by atoms with Gasteiger partial charge in [0.1, 0.15) is 6.42 Å². The fourth-order valence-corrected chi connectivity index (χ4v) is 1.41. The van der Waals surface area contributed by atoms with E-state index in [0.717, 1.165) is 12.1 Å². The van der Waals surface area contributed by atoms with Gasteiger partial charge in [0.15, 0.2) is 17.5 Å². The Morgan fingerprint density at radius 2 is 2.16 bits per heavy atom. The summed E-state index contributed by atoms with van der Waals surface area (Å²) in [5.74, 6) is -2.32. The summed E-state index contributed by atoms with van der Waals surface area (Å²) in [6, 6.07) is 3.21. The van der Waals surface area contributed by atoms with Crippen LogP contribution < -0.4 is 0 Å². The van der Waals surface area contributed by atoms with Crippen molar-refractivity contribution in [3.05, 3.63) is 35.7 Å². The second-order valence-corrected chi connectivity index (χ2v) is 3.63. The van der Waals surface area contributed by atoms with Crippen LogP contribution in [0.2, 0.25) is 0 Å². The lowest BCUT2D eigenvalue weighted by molar-refractivity contribution is -0.142. The molecule has 1 aromatic heterocycles. The molecule has 0 fully saturated rings. The zero-order valence-electron chi connectivity index (χ0n) is 10.0. The lowest BCUT2D eigenvalue weighted by Gasteiger charge is -1.96. The van der Waals surface area contributed by atoms with Gasteiger partial charge in [-0.3, -0.25) is 4.79 Å². The average molecular weight is 268 g/mol. The molecule has 0 N–H and O–H groups in total. The Labute approximate surface area is 107 Å². The number of nitrogens with zero attached hydrogens (tertiary/aromatic N) is 2. The van der Waals surface area contributed by atoms with Crippen LogP contribution in [0, 0.1) is 11.6 Å². The number of rotatable bonds is 4. The quantitative estimate of drug-likeness (QED) is 0.795. The van der Waals surface area contributed by atoms with E-state index in [1.165, 1.54) is 6.07 Å². The van der Waals surface area contributed by atoms with Crippen LogP contribution in [0.1, 0.15) is 12.7 Å². The normalized spacial score (nSPS) is 10.5. The molecule has 0 spiro atoms. The van der Waals surface area contributed by atoms with Gasteiger partial charge in [-0.05, 0) is 25.1 Å². The highest BCUT2D eigenvalue weighted by Crippen LogP contribution is 2.19. The smallest absolute Gasteiger partial charge is 0.313 e. The van der Waals surface area contributed by atoms with Crippen LogP contribution in [0.5, 0.6) is 0 Å². The summed E-state index contributed by atoms with van der Waals surface area (Å²) in [6.45, 7) is 1.94. The minimum Gasteiger partial charge on any atom is -0.466 e. The van der Waals surface area contributed by atoms with Crippen molar-refractivity contribution in [1.82, 2.24) is 10.1 Å². The van der Waals surface area contributed by atoms with Gasteiger partial charge in [-0.2, -0.15) is 4.98 Å². The molecular formula is C12H10F2N2O3. The maximum atomic E-state index is 13.0. The largest absolute Gasteiger partial charge is 0.466 e. The monoisotopic (exact) mass is 268 g/mol. The first-order valence-corrected chi connectivity index (χ1v) is 5.53. The van der Waals surface area contributed by atoms with Crippen molar-refractivity contribution in [2.45, 2.75) is 13.3 Å². The number of halogens is 2. The average Bonchev–Trinajstić information content (AvgIpc) is 2.81. The van der Waals surface area contributed by atoms with Gasteiger partial charge in [0, 0.05) is 5.56 Å². The van der Waals surface area contributed by atoms with E-state index in [1.807, 2.05) is 0 Å². The summed E-state index contributed by atoms with van der Waals surface area (Å²) >= 11 is 0. The Kier molecular flexibility index (Phi) is 3.84. The molecule has 0 saturated carbocycles. The summed E-state index contributed by atoms with van der Waals surface area (Å²) in [7, 11) is 0. The van der Waals surface area contributed by atoms with E-state index in [0.29, 0.717) is 0 Å². The molecule has 0 radical (unpaired) electrons. The van der Waals surface area contributed by atoms with Crippen molar-refractivity contribution < 1.29 is 22.8 Å². The van der Waals surface area contributed by atoms with Gasteiger partial charge < -0.3 is 9.26 Å². The van der Waals surface area contributed by atoms with Gasteiger partial charge >= 0.3 is 5.97 Å². The molecule has 19 heavy (non-hydrogen) atoms. The molecule has 2 aromatic rings. The minimum atomic E-state index is -1.01. The summed E-state index contributed by atoms with van der Waals surface area (Å²) in [6.07, 6.45) is -0.138. The minimum absolute atomic E-state index is 0.0122. The molecular weight excluding hydrogens is 258 g/mol. The molecule has 5 nitrogen and oxygen atoms in total. The molecule has 0 aliphatic carbocycles. The van der Waals surface area contributed by atoms with E-state index in [9.17, 15) is 13.6 Å². The van der Waals surface area contributed by atoms with Crippen molar-refractivity contribution in [2.24, 2.45) is 0 Å². The molecule has 0 atom stereocenters. The van der Waals surface area contributed by atoms with Gasteiger partial charge in [0.2, 0.25) is 0 Å². The molecule has 0 aliphatic rings. The Balaban J connectivity index is 2.16. The number of esters is 1. The number of benzene rings is 1. The van der Waals surface area contributed by atoms with Crippen molar-refractivity contribution in [2.75, 3.05) is 6.61 Å². The van der Waals surface area contributed by atoms with Crippen LogP contribution in [0.25, 0.3) is 11.5 Å². The lowest BCUT2D eigenvalue weighted by Crippen LogP contribution is -2.08. The topological polar surface area (TPSA) is 65.2 Å². The highest BCUT2D eigenvalue weighted by Gasteiger charge is 2.14. The van der Waals surface area contributed by atoms with Crippen LogP contribution in [0.15, 0.2) is 22.7 Å². The van der Waals surface area contributed by atoms with Crippen LogP contribution in [0.4, 0.5) is 8.78 Å². The van der Waals surface area contributed by atoms with Crippen molar-refractivity contribution in [1.29, 1.82) is 0 Å². The number of carbonyl (C=O) groups is 1. The van der Waals surface area contributed by atoms with Crippen molar-refractivity contribution in [3.8, 4) is 11.5 Å². The van der Waals surface area contributed by atoms with Gasteiger partial charge in [0.25, 0.3) is 5.89 Å². The van der Waals surface area contributed by atoms with Crippen molar-refractivity contribution in [3.63, 3.8) is 0 Å². The van der Waals surface area contributed by atoms with E-state index >= 15 is 0 Å². The second kappa shape index (κ2) is 5.55. The Morgan fingerprint density at radius 3 is 2.84 bits per heavy atom. The van der Waals surface area contributed by atoms with Crippen LogP contribution in [-0.4, -0.2) is 22.7 Å². The first kappa shape index (κ1) is 13.1. The number of carbonyl (C=O) groups excluding carboxylic acids is 1. The van der Waals surface area contributed by atoms with Crippen LogP contribution in [-0.2, 0) is 16.0 Å². The van der Waals surface area contributed by atoms with Gasteiger partial charge in [0.05, 0.1) is 6.61 Å². The van der Waals surface area contributed by atoms with Gasteiger partial charge in [-0.15, -0.1) is 0 Å². The van der Waals surface area contributed by atoms with Crippen LogP contribution in [0.3, 0.4) is 0 Å². The number of ether oxygens (including phenoxy) is 1. The molecule has 0 saturated heterocycles. The van der Waals surface area contributed by atoms with E-state index < -0.39 is 17.6 Å². The molecule has 100 valence electrons. The fraction of sp³-hybridized carbons (Fsp3) is 0.250. The summed E-state index contributed by atoms with van der Waals surface area (Å²) in [4.78, 5) is 15.1. The zero-order chi connectivity index (χ0) is 13.8. The first-order valence-electron chi connectivity index (χ1n) is 5.53. The highest BCUT2D eigenvalue weighted by molar-refractivity contribution is 5.71. The third-order valence-corrected chi connectivity index (χ3v) is 2.24. The van der Waals surface area contributed by atoms with Gasteiger partial charge in [-0.1, -0.05) is 5.16 Å². The maximum absolute atomic E-state index is 13.0. The van der Waals surface area contributed by atoms with E-state index in [1.54, 1.807) is 6.92 Å². The highest BCUT2D eigenvalue weighted by atomic mass is 19.2. The predicted octanol–water partition coefficient (Wildman–Crippen LogP) is 2.12. The lowest BCUT2D eigenvalue weighted by atomic mass is 10.2. The summed E-state index contributed by atoms with van der Waals surface area (Å²) in [5.41, 5.74) is 0.238. The summed E-state index contributed by atoms with van der Waals surface area (Å²) in [5, 5.41) is 3.56. The third-order valence-electron chi connectivity index (χ3n) is 2.24. The molecule has 0 aliphatic heterocycles. The fourth-order valence-electron chi connectivity index (χ4n) is 1.41. The molecule has 7 heteroatoms. The molecule has 1 heterocycles. The SMILES string of the molecule is CCOC(=O)Cc1noc(-c2ccc(F)c(F)c2)n1. The second-order valence-electron chi connectivity index (χ2n) is 3.63. The maximum Gasteiger partial charge on any atom is 0.313 e. The first-order chi connectivity index (χ1) is 9.10. The zero-order valence-corrected chi connectivity index (χ0v) is 10.0. The van der Waals surface area contributed by atoms with E-state index in [2.05, 4.69) is 10.1 Å². The molecule has 0 bridgehead atoms. The summed E-state index contributed by atoms with van der Waals surface area (Å²) < 4.78 is 35.4. The molecule has 0 amide bonds. The van der Waals surface area contributed by atoms with Crippen LogP contribution >= 0.6 is 0 Å². The Bertz CT molecular complexity index is 598.